The molecule has 0 unspecified atom stereocenters. The molecule has 0 radical (unpaired) electrons. The van der Waals surface area contributed by atoms with Crippen molar-refractivity contribution in [2.24, 2.45) is 5.10 Å². The maximum absolute atomic E-state index is 5.59. The second-order valence-electron chi connectivity index (χ2n) is 6.07. The van der Waals surface area contributed by atoms with Crippen molar-refractivity contribution < 1.29 is 9.47 Å². The summed E-state index contributed by atoms with van der Waals surface area (Å²) in [5, 5.41) is 4.97. The molecule has 6 heteroatoms. The predicted octanol–water partition coefficient (Wildman–Crippen LogP) is 3.73. The van der Waals surface area contributed by atoms with Crippen LogP contribution in [0.15, 0.2) is 47.6 Å². The van der Waals surface area contributed by atoms with E-state index in [2.05, 4.69) is 40.8 Å². The Morgan fingerprint density at radius 1 is 1.08 bits per heavy atom. The van der Waals surface area contributed by atoms with Gasteiger partial charge in [0.2, 0.25) is 6.79 Å². The fourth-order valence-corrected chi connectivity index (χ4v) is 3.76. The molecule has 3 heterocycles. The average molecular weight is 443 g/mol. The summed E-state index contributed by atoms with van der Waals surface area (Å²) in [7, 11) is 0. The van der Waals surface area contributed by atoms with Crippen molar-refractivity contribution in [3.8, 4) is 11.5 Å². The fourth-order valence-electron chi connectivity index (χ4n) is 3.25. The topological polar surface area (TPSA) is 48.6 Å². The minimum Gasteiger partial charge on any atom is -0.454 e. The van der Waals surface area contributed by atoms with Gasteiger partial charge in [0, 0.05) is 17.5 Å². The van der Waals surface area contributed by atoms with E-state index in [1.165, 1.54) is 0 Å². The number of benzene rings is 2. The van der Waals surface area contributed by atoms with Crippen LogP contribution in [0, 0.1) is 10.6 Å². The Morgan fingerprint density at radius 2 is 1.84 bits per heavy atom. The number of ether oxygens (including phenoxy) is 2. The molecule has 0 spiro atoms. The maximum atomic E-state index is 5.59. The summed E-state index contributed by atoms with van der Waals surface area (Å²) >= 11 is 2.26. The smallest absolute Gasteiger partial charge is 0.231 e. The molecule has 0 atom stereocenters. The second kappa shape index (κ2) is 5.59. The van der Waals surface area contributed by atoms with Gasteiger partial charge in [-0.05, 0) is 47.2 Å². The molecule has 2 aliphatic rings. The highest BCUT2D eigenvalue weighted by molar-refractivity contribution is 14.1. The average Bonchev–Trinajstić information content (AvgIpc) is 3.14. The Hall–Kier alpha value is -2.35. The number of halogens is 1. The Kier molecular flexibility index (Phi) is 3.34. The first-order chi connectivity index (χ1) is 12.2. The third kappa shape index (κ3) is 2.35. The third-order valence-electron chi connectivity index (χ3n) is 4.54. The molecule has 2 aromatic carbocycles. The molecular weight excluding hydrogens is 429 g/mol. The zero-order valence-corrected chi connectivity index (χ0v) is 15.6. The van der Waals surface area contributed by atoms with Crippen molar-refractivity contribution in [2.45, 2.75) is 13.3 Å². The lowest BCUT2D eigenvalue weighted by Crippen LogP contribution is -2.07. The highest BCUT2D eigenvalue weighted by Gasteiger charge is 2.25. The number of hydrogen-bond acceptors (Lipinski definition) is 4. The highest BCUT2D eigenvalue weighted by Crippen LogP contribution is 2.37. The molecule has 0 N–H and O–H groups in total. The van der Waals surface area contributed by atoms with E-state index in [0.29, 0.717) is 6.42 Å². The van der Waals surface area contributed by atoms with Crippen molar-refractivity contribution in [1.29, 1.82) is 0 Å². The number of imidazole rings is 1. The van der Waals surface area contributed by atoms with Crippen molar-refractivity contribution >= 4 is 28.3 Å². The van der Waals surface area contributed by atoms with Gasteiger partial charge in [-0.1, -0.05) is 30.3 Å². The zero-order chi connectivity index (χ0) is 17.0. The molecule has 0 amide bonds. The van der Waals surface area contributed by atoms with Gasteiger partial charge in [-0.25, -0.2) is 9.66 Å². The maximum Gasteiger partial charge on any atom is 0.231 e. The summed E-state index contributed by atoms with van der Waals surface area (Å²) < 4.78 is 14.1. The van der Waals surface area contributed by atoms with Gasteiger partial charge in [0.05, 0.1) is 11.4 Å². The number of hydrogen-bond donors (Lipinski definition) is 0. The summed E-state index contributed by atoms with van der Waals surface area (Å²) in [6.07, 6.45) is 0.704. The van der Waals surface area contributed by atoms with E-state index in [9.17, 15) is 0 Å². The number of fused-ring (bicyclic) bond motifs is 3. The lowest BCUT2D eigenvalue weighted by molar-refractivity contribution is 0.174. The van der Waals surface area contributed by atoms with Gasteiger partial charge in [0.1, 0.15) is 9.53 Å². The van der Waals surface area contributed by atoms with E-state index in [-0.39, 0.29) is 6.79 Å². The first kappa shape index (κ1) is 14.9. The van der Waals surface area contributed by atoms with Crippen LogP contribution in [0.5, 0.6) is 11.5 Å². The first-order valence-corrected chi connectivity index (χ1v) is 9.09. The van der Waals surface area contributed by atoms with E-state index in [0.717, 1.165) is 49.1 Å². The molecule has 2 aliphatic heterocycles. The van der Waals surface area contributed by atoms with Crippen LogP contribution >= 0.6 is 22.6 Å². The second-order valence-corrected chi connectivity index (χ2v) is 7.09. The predicted molar refractivity (Wildman–Crippen MR) is 103 cm³/mol. The molecule has 124 valence electrons. The van der Waals surface area contributed by atoms with Crippen molar-refractivity contribution in [3.05, 3.63) is 74.4 Å². The standard InChI is InChI=1S/C19H14IN3O2/c1-11-19(20)21-17-8-13-7-15-16(25-10-24-15)9-14(13)18(22-23(11)17)12-5-3-2-4-6-12/h2-7,9H,8,10H2,1H3. The molecule has 5 rings (SSSR count). The SMILES string of the molecule is Cc1c(I)nc2n1N=C(c1ccccc1)c1cc3c(cc1C2)OCO3. The summed E-state index contributed by atoms with van der Waals surface area (Å²) in [5.41, 5.74) is 5.25. The molecule has 0 bridgehead atoms. The summed E-state index contributed by atoms with van der Waals surface area (Å²) in [6.45, 7) is 2.31. The molecule has 5 nitrogen and oxygen atoms in total. The molecule has 0 saturated carbocycles. The van der Waals surface area contributed by atoms with Gasteiger partial charge in [-0.15, -0.1) is 0 Å². The monoisotopic (exact) mass is 443 g/mol. The molecular formula is C19H14IN3O2. The Bertz CT molecular complexity index is 1020. The van der Waals surface area contributed by atoms with E-state index >= 15 is 0 Å². The molecule has 3 aromatic rings. The number of rotatable bonds is 1. The Morgan fingerprint density at radius 3 is 2.64 bits per heavy atom. The van der Waals surface area contributed by atoms with Crippen LogP contribution in [0.1, 0.15) is 28.2 Å². The first-order valence-electron chi connectivity index (χ1n) is 8.02. The van der Waals surface area contributed by atoms with Gasteiger partial charge in [0.15, 0.2) is 11.5 Å². The van der Waals surface area contributed by atoms with Crippen LogP contribution in [0.25, 0.3) is 0 Å². The highest BCUT2D eigenvalue weighted by atomic mass is 127. The Balaban J connectivity index is 1.81. The Labute approximate surface area is 158 Å². The quantitative estimate of drug-likeness (QED) is 0.422. The molecule has 1 aromatic heterocycles. The van der Waals surface area contributed by atoms with Gasteiger partial charge in [0.25, 0.3) is 0 Å². The van der Waals surface area contributed by atoms with E-state index in [1.54, 1.807) is 0 Å². The minimum atomic E-state index is 0.266. The third-order valence-corrected chi connectivity index (χ3v) is 5.56. The van der Waals surface area contributed by atoms with Crippen molar-refractivity contribution in [3.63, 3.8) is 0 Å². The van der Waals surface area contributed by atoms with E-state index in [4.69, 9.17) is 19.6 Å². The molecule has 25 heavy (non-hydrogen) atoms. The van der Waals surface area contributed by atoms with Gasteiger partial charge < -0.3 is 9.47 Å². The van der Waals surface area contributed by atoms with E-state index in [1.807, 2.05) is 35.9 Å². The lowest BCUT2D eigenvalue weighted by atomic mass is 9.95. The van der Waals surface area contributed by atoms with Gasteiger partial charge in [-0.3, -0.25) is 0 Å². The van der Waals surface area contributed by atoms with Crippen LogP contribution < -0.4 is 9.47 Å². The van der Waals surface area contributed by atoms with Crippen LogP contribution in [0.4, 0.5) is 0 Å². The molecule has 0 saturated heterocycles. The summed E-state index contributed by atoms with van der Waals surface area (Å²) in [6, 6.07) is 14.3. The van der Waals surface area contributed by atoms with Crippen molar-refractivity contribution in [1.82, 2.24) is 9.66 Å². The largest absolute Gasteiger partial charge is 0.454 e. The minimum absolute atomic E-state index is 0.266. The van der Waals surface area contributed by atoms with Crippen molar-refractivity contribution in [2.75, 3.05) is 6.79 Å². The molecule has 0 aliphatic carbocycles. The zero-order valence-electron chi connectivity index (χ0n) is 13.5. The van der Waals surface area contributed by atoms with Crippen LogP contribution in [-0.2, 0) is 6.42 Å². The molecule has 0 fully saturated rings. The number of nitrogens with zero attached hydrogens (tertiary/aromatic N) is 3. The number of aromatic nitrogens is 2. The summed E-state index contributed by atoms with van der Waals surface area (Å²) in [5.74, 6) is 2.50. The van der Waals surface area contributed by atoms with Gasteiger partial charge in [-0.2, -0.15) is 5.10 Å². The summed E-state index contributed by atoms with van der Waals surface area (Å²) in [4.78, 5) is 4.70. The van der Waals surface area contributed by atoms with Crippen LogP contribution in [-0.4, -0.2) is 22.2 Å². The van der Waals surface area contributed by atoms with Crippen LogP contribution in [0.2, 0.25) is 0 Å². The van der Waals surface area contributed by atoms with Gasteiger partial charge >= 0.3 is 0 Å². The van der Waals surface area contributed by atoms with Crippen LogP contribution in [0.3, 0.4) is 0 Å². The van der Waals surface area contributed by atoms with E-state index < -0.39 is 0 Å². The fraction of sp³-hybridized carbons (Fsp3) is 0.158. The lowest BCUT2D eigenvalue weighted by Gasteiger charge is -2.11. The normalized spacial score (nSPS) is 14.6.